The number of pyridine rings is 1. The van der Waals surface area contributed by atoms with E-state index in [2.05, 4.69) is 20.6 Å². The van der Waals surface area contributed by atoms with E-state index < -0.39 is 0 Å². The smallest absolute Gasteiger partial charge is 0.208 e. The highest BCUT2D eigenvalue weighted by atomic mass is 16.5. The summed E-state index contributed by atoms with van der Waals surface area (Å²) in [5.74, 6) is 2.99. The summed E-state index contributed by atoms with van der Waals surface area (Å²) in [5.41, 5.74) is 3.02. The number of hydrogen-bond donors (Lipinski definition) is 3. The molecular weight excluding hydrogens is 398 g/mol. The highest BCUT2D eigenvalue weighted by Gasteiger charge is 2.18. The second-order valence-electron chi connectivity index (χ2n) is 6.64. The molecule has 0 fully saturated rings. The third-order valence-electron chi connectivity index (χ3n) is 4.79. The van der Waals surface area contributed by atoms with Crippen molar-refractivity contribution in [1.29, 1.82) is 0 Å². The van der Waals surface area contributed by atoms with Gasteiger partial charge in [-0.15, -0.1) is 0 Å². The van der Waals surface area contributed by atoms with E-state index in [1.807, 2.05) is 28.8 Å². The van der Waals surface area contributed by atoms with E-state index in [0.717, 1.165) is 16.9 Å². The standard InChI is InChI=1S/C22H23N5O4/c1-23-22-26-16-12-24-20(25-13-6-5-7-15(28)8-13)11-17(16)27(22)14-9-18(29-2)21(31-4)19(10-14)30-3/h5-12,28H,1-4H3,(H,23,26)(H,24,25). The summed E-state index contributed by atoms with van der Waals surface area (Å²) in [6.07, 6.45) is 1.69. The molecule has 4 rings (SSSR count). The van der Waals surface area contributed by atoms with Crippen LogP contribution in [0.2, 0.25) is 0 Å². The summed E-state index contributed by atoms with van der Waals surface area (Å²) in [6.45, 7) is 0. The third-order valence-corrected chi connectivity index (χ3v) is 4.79. The number of imidazole rings is 1. The molecule has 2 heterocycles. The van der Waals surface area contributed by atoms with Gasteiger partial charge in [0, 0.05) is 37.0 Å². The predicted octanol–water partition coefficient (Wildman–Crippen LogP) is 3.94. The topological polar surface area (TPSA) is 103 Å². The molecule has 2 aromatic carbocycles. The number of benzene rings is 2. The van der Waals surface area contributed by atoms with E-state index in [0.29, 0.717) is 34.5 Å². The van der Waals surface area contributed by atoms with Crippen molar-refractivity contribution in [2.75, 3.05) is 39.0 Å². The van der Waals surface area contributed by atoms with Crippen LogP contribution < -0.4 is 24.8 Å². The van der Waals surface area contributed by atoms with Gasteiger partial charge in [0.15, 0.2) is 11.5 Å². The number of hydrogen-bond acceptors (Lipinski definition) is 8. The van der Waals surface area contributed by atoms with E-state index >= 15 is 0 Å². The SMILES string of the molecule is CNc1nc2cnc(Nc3cccc(O)c3)cc2n1-c1cc(OC)c(OC)c(OC)c1. The van der Waals surface area contributed by atoms with Crippen LogP contribution in [0.1, 0.15) is 0 Å². The quantitative estimate of drug-likeness (QED) is 0.412. The fourth-order valence-corrected chi connectivity index (χ4v) is 3.41. The van der Waals surface area contributed by atoms with E-state index in [1.165, 1.54) is 0 Å². The number of fused-ring (bicyclic) bond motifs is 1. The van der Waals surface area contributed by atoms with E-state index in [4.69, 9.17) is 14.2 Å². The molecule has 0 aliphatic carbocycles. The highest BCUT2D eigenvalue weighted by molar-refractivity contribution is 5.84. The second kappa shape index (κ2) is 8.31. The van der Waals surface area contributed by atoms with Crippen molar-refractivity contribution in [3.63, 3.8) is 0 Å². The van der Waals surface area contributed by atoms with Crippen molar-refractivity contribution in [3.8, 4) is 28.7 Å². The van der Waals surface area contributed by atoms with Crippen molar-refractivity contribution >= 4 is 28.5 Å². The molecule has 0 bridgehead atoms. The van der Waals surface area contributed by atoms with Gasteiger partial charge in [-0.3, -0.25) is 4.57 Å². The van der Waals surface area contributed by atoms with Crippen molar-refractivity contribution in [1.82, 2.24) is 14.5 Å². The fourth-order valence-electron chi connectivity index (χ4n) is 3.41. The minimum atomic E-state index is 0.172. The zero-order valence-corrected chi connectivity index (χ0v) is 17.6. The summed E-state index contributed by atoms with van der Waals surface area (Å²) in [4.78, 5) is 9.08. The second-order valence-corrected chi connectivity index (χ2v) is 6.64. The Morgan fingerprint density at radius 3 is 2.32 bits per heavy atom. The monoisotopic (exact) mass is 421 g/mol. The molecule has 0 aliphatic heterocycles. The molecule has 2 aromatic heterocycles. The first-order valence-corrected chi connectivity index (χ1v) is 9.50. The first kappa shape index (κ1) is 20.1. The minimum Gasteiger partial charge on any atom is -0.508 e. The first-order chi connectivity index (χ1) is 15.1. The number of nitrogens with one attached hydrogen (secondary N) is 2. The van der Waals surface area contributed by atoms with Crippen LogP contribution in [-0.2, 0) is 0 Å². The number of ether oxygens (including phenoxy) is 3. The number of aromatic nitrogens is 3. The molecule has 0 amide bonds. The van der Waals surface area contributed by atoms with Crippen LogP contribution in [0.5, 0.6) is 23.0 Å². The average Bonchev–Trinajstić information content (AvgIpc) is 3.16. The lowest BCUT2D eigenvalue weighted by atomic mass is 10.2. The Labute approximate surface area is 179 Å². The summed E-state index contributed by atoms with van der Waals surface area (Å²) < 4.78 is 18.4. The van der Waals surface area contributed by atoms with Crippen molar-refractivity contribution in [2.45, 2.75) is 0 Å². The van der Waals surface area contributed by atoms with Gasteiger partial charge in [0.05, 0.1) is 38.7 Å². The minimum absolute atomic E-state index is 0.172. The zero-order valence-electron chi connectivity index (χ0n) is 17.6. The van der Waals surface area contributed by atoms with Gasteiger partial charge >= 0.3 is 0 Å². The van der Waals surface area contributed by atoms with Crippen LogP contribution in [0.15, 0.2) is 48.7 Å². The van der Waals surface area contributed by atoms with Crippen LogP contribution in [0.25, 0.3) is 16.7 Å². The van der Waals surface area contributed by atoms with Gasteiger partial charge in [-0.05, 0) is 12.1 Å². The summed E-state index contributed by atoms with van der Waals surface area (Å²) in [6, 6.07) is 12.4. The Morgan fingerprint density at radius 2 is 1.71 bits per heavy atom. The van der Waals surface area contributed by atoms with Gasteiger partial charge in [-0.1, -0.05) is 6.07 Å². The van der Waals surface area contributed by atoms with Crippen LogP contribution >= 0.6 is 0 Å². The molecule has 3 N–H and O–H groups in total. The normalized spacial score (nSPS) is 10.7. The Balaban J connectivity index is 1.87. The van der Waals surface area contributed by atoms with Crippen LogP contribution in [-0.4, -0.2) is 48.0 Å². The number of anilines is 3. The molecule has 9 nitrogen and oxygen atoms in total. The molecule has 31 heavy (non-hydrogen) atoms. The van der Waals surface area contributed by atoms with Gasteiger partial charge < -0.3 is 30.0 Å². The van der Waals surface area contributed by atoms with E-state index in [9.17, 15) is 5.11 Å². The Bertz CT molecular complexity index is 1210. The molecule has 160 valence electrons. The van der Waals surface area contributed by atoms with Crippen molar-refractivity contribution in [3.05, 3.63) is 48.7 Å². The number of rotatable bonds is 7. The van der Waals surface area contributed by atoms with Crippen molar-refractivity contribution in [2.24, 2.45) is 0 Å². The van der Waals surface area contributed by atoms with Gasteiger partial charge in [0.25, 0.3) is 0 Å². The van der Waals surface area contributed by atoms with Crippen LogP contribution in [0, 0.1) is 0 Å². The average molecular weight is 421 g/mol. The van der Waals surface area contributed by atoms with Crippen molar-refractivity contribution < 1.29 is 19.3 Å². The molecule has 9 heteroatoms. The molecule has 0 atom stereocenters. The molecule has 0 saturated carbocycles. The van der Waals surface area contributed by atoms with E-state index in [-0.39, 0.29) is 5.75 Å². The molecule has 4 aromatic rings. The molecular formula is C22H23N5O4. The molecule has 0 spiro atoms. The van der Waals surface area contributed by atoms with Crippen LogP contribution in [0.3, 0.4) is 0 Å². The molecule has 0 aliphatic rings. The van der Waals surface area contributed by atoms with Gasteiger partial charge in [-0.25, -0.2) is 9.97 Å². The molecule has 0 unspecified atom stereocenters. The summed E-state index contributed by atoms with van der Waals surface area (Å²) >= 11 is 0. The van der Waals surface area contributed by atoms with Gasteiger partial charge in [0.2, 0.25) is 11.7 Å². The van der Waals surface area contributed by atoms with Gasteiger partial charge in [-0.2, -0.15) is 0 Å². The lowest BCUT2D eigenvalue weighted by Gasteiger charge is -2.16. The molecule has 0 saturated heterocycles. The lowest BCUT2D eigenvalue weighted by molar-refractivity contribution is 0.324. The predicted molar refractivity (Wildman–Crippen MR) is 119 cm³/mol. The Morgan fingerprint density at radius 1 is 0.968 bits per heavy atom. The lowest BCUT2D eigenvalue weighted by Crippen LogP contribution is -2.04. The number of aromatic hydroxyl groups is 1. The number of methoxy groups -OCH3 is 3. The summed E-state index contributed by atoms with van der Waals surface area (Å²) in [7, 11) is 6.52. The Hall–Kier alpha value is -4.14. The number of nitrogens with zero attached hydrogens (tertiary/aromatic N) is 3. The first-order valence-electron chi connectivity index (χ1n) is 9.50. The van der Waals surface area contributed by atoms with E-state index in [1.54, 1.807) is 52.8 Å². The van der Waals surface area contributed by atoms with Crippen LogP contribution in [0.4, 0.5) is 17.5 Å². The zero-order chi connectivity index (χ0) is 22.0. The Kier molecular flexibility index (Phi) is 5.40. The maximum atomic E-state index is 9.72. The summed E-state index contributed by atoms with van der Waals surface area (Å²) in [5, 5.41) is 16.0. The van der Waals surface area contributed by atoms with Gasteiger partial charge in [0.1, 0.15) is 17.1 Å². The maximum absolute atomic E-state index is 9.72. The number of phenols is 1. The highest BCUT2D eigenvalue weighted by Crippen LogP contribution is 2.40. The number of phenolic OH excluding ortho intramolecular Hbond substituents is 1. The maximum Gasteiger partial charge on any atom is 0.208 e. The molecule has 0 radical (unpaired) electrons. The largest absolute Gasteiger partial charge is 0.508 e. The fraction of sp³-hybridized carbons (Fsp3) is 0.182. The third kappa shape index (κ3) is 3.73.